The van der Waals surface area contributed by atoms with E-state index in [9.17, 15) is 28.1 Å². The number of nitrogens with one attached hydrogen (secondary N) is 3. The molecule has 2 aliphatic heterocycles. The fraction of sp³-hybridized carbons (Fsp3) is 0.400. The fourth-order valence-corrected chi connectivity index (χ4v) is 5.65. The van der Waals surface area contributed by atoms with Crippen LogP contribution in [0.5, 0.6) is 11.5 Å². The summed E-state index contributed by atoms with van der Waals surface area (Å²) in [5.41, 5.74) is 6.61. The minimum atomic E-state index is -4.25. The Hall–Kier alpha value is -4.28. The third kappa shape index (κ3) is 7.47. The van der Waals surface area contributed by atoms with Crippen molar-refractivity contribution in [1.82, 2.24) is 19.2 Å². The van der Waals surface area contributed by atoms with E-state index in [0.717, 1.165) is 0 Å². The first-order valence-corrected chi connectivity index (χ1v) is 14.2. The molecule has 1 atom stereocenters. The molecule has 0 aromatic heterocycles. The largest absolute Gasteiger partial charge is 0.454 e. The first-order valence-electron chi connectivity index (χ1n) is 12.7. The van der Waals surface area contributed by atoms with Gasteiger partial charge in [0, 0.05) is 50.8 Å². The molecule has 2 amide bonds. The molecular formula is C25H31N7O8S. The Bertz CT molecular complexity index is 1460. The van der Waals surface area contributed by atoms with E-state index < -0.39 is 27.1 Å². The van der Waals surface area contributed by atoms with Crippen molar-refractivity contribution in [3.63, 3.8) is 0 Å². The van der Waals surface area contributed by atoms with Crippen molar-refractivity contribution < 1.29 is 32.4 Å². The molecule has 41 heavy (non-hydrogen) atoms. The Kier molecular flexibility index (Phi) is 9.05. The van der Waals surface area contributed by atoms with Gasteiger partial charge in [-0.15, -0.1) is 0 Å². The summed E-state index contributed by atoms with van der Waals surface area (Å²) in [6.45, 7) is 2.31. The summed E-state index contributed by atoms with van der Waals surface area (Å²) in [6, 6.07) is 8.06. The van der Waals surface area contributed by atoms with E-state index in [1.54, 1.807) is 29.2 Å². The summed E-state index contributed by atoms with van der Waals surface area (Å²) < 4.78 is 41.3. The molecule has 2 aliphatic rings. The molecule has 4 rings (SSSR count). The number of nitro groups is 1. The summed E-state index contributed by atoms with van der Waals surface area (Å²) in [5, 5.41) is 19.2. The number of carbonyl (C=O) groups is 2. The quantitative estimate of drug-likeness (QED) is 0.119. The lowest BCUT2D eigenvalue weighted by Gasteiger charge is -2.36. The minimum absolute atomic E-state index is 0.0264. The molecule has 0 bridgehead atoms. The summed E-state index contributed by atoms with van der Waals surface area (Å²) in [6.07, 6.45) is -0.0540. The average molecular weight is 590 g/mol. The Morgan fingerprint density at radius 1 is 1.12 bits per heavy atom. The number of fused-ring (bicyclic) bond motifs is 1. The molecule has 220 valence electrons. The van der Waals surface area contributed by atoms with Gasteiger partial charge in [-0.25, -0.2) is 4.72 Å². The lowest BCUT2D eigenvalue weighted by Crippen LogP contribution is -2.57. The van der Waals surface area contributed by atoms with Gasteiger partial charge in [-0.05, 0) is 30.5 Å². The Labute approximate surface area is 236 Å². The number of nitrogens with two attached hydrogens (primary N) is 1. The maximum atomic E-state index is 13.5. The minimum Gasteiger partial charge on any atom is -0.454 e. The number of carbonyl (C=O) groups excluding carboxylic acids is 2. The molecule has 0 spiro atoms. The number of amides is 2. The number of piperazine rings is 1. The van der Waals surface area contributed by atoms with Gasteiger partial charge in [0.25, 0.3) is 15.9 Å². The van der Waals surface area contributed by atoms with Gasteiger partial charge in [0.1, 0.15) is 11.9 Å². The van der Waals surface area contributed by atoms with Crippen LogP contribution in [0.2, 0.25) is 0 Å². The highest BCUT2D eigenvalue weighted by Gasteiger charge is 2.31. The lowest BCUT2D eigenvalue weighted by molar-refractivity contribution is -0.385. The Morgan fingerprint density at radius 3 is 2.41 bits per heavy atom. The van der Waals surface area contributed by atoms with Crippen LogP contribution in [0.1, 0.15) is 23.6 Å². The molecule has 16 heteroatoms. The van der Waals surface area contributed by atoms with Gasteiger partial charge in [0.2, 0.25) is 18.6 Å². The first kappa shape index (κ1) is 29.7. The van der Waals surface area contributed by atoms with Gasteiger partial charge < -0.3 is 25.0 Å². The zero-order valence-corrected chi connectivity index (χ0v) is 23.1. The van der Waals surface area contributed by atoms with E-state index in [-0.39, 0.29) is 68.0 Å². The van der Waals surface area contributed by atoms with E-state index in [0.29, 0.717) is 30.0 Å². The predicted octanol–water partition coefficient (Wildman–Crippen LogP) is -0.124. The summed E-state index contributed by atoms with van der Waals surface area (Å²) >= 11 is 0. The average Bonchev–Trinajstić information content (AvgIpc) is 3.39. The van der Waals surface area contributed by atoms with Crippen molar-refractivity contribution in [3.05, 3.63) is 63.2 Å². The van der Waals surface area contributed by atoms with Crippen molar-refractivity contribution >= 4 is 33.5 Å². The molecule has 1 fully saturated rings. The fourth-order valence-electron chi connectivity index (χ4n) is 4.64. The third-order valence-electron chi connectivity index (χ3n) is 6.77. The number of hydrogen-bond acceptors (Lipinski definition) is 9. The monoisotopic (exact) mass is 589 g/mol. The number of rotatable bonds is 11. The molecule has 1 unspecified atom stereocenters. The number of amidine groups is 1. The van der Waals surface area contributed by atoms with Gasteiger partial charge in [-0.3, -0.25) is 25.1 Å². The van der Waals surface area contributed by atoms with Gasteiger partial charge in [-0.2, -0.15) is 13.1 Å². The van der Waals surface area contributed by atoms with Gasteiger partial charge in [-0.1, -0.05) is 18.2 Å². The second-order valence-electron chi connectivity index (χ2n) is 9.56. The molecule has 1 saturated heterocycles. The number of nitro benzene ring substituents is 1. The third-order valence-corrected chi connectivity index (χ3v) is 7.95. The van der Waals surface area contributed by atoms with Crippen LogP contribution >= 0.6 is 0 Å². The van der Waals surface area contributed by atoms with Crippen LogP contribution in [0.3, 0.4) is 0 Å². The number of nitrogen functional groups attached to an aromatic ring is 1. The summed E-state index contributed by atoms with van der Waals surface area (Å²) in [7, 11) is -4.25. The van der Waals surface area contributed by atoms with Crippen molar-refractivity contribution in [2.45, 2.75) is 25.8 Å². The second kappa shape index (κ2) is 12.5. The van der Waals surface area contributed by atoms with Gasteiger partial charge in [0.15, 0.2) is 11.5 Å². The molecule has 0 radical (unpaired) electrons. The van der Waals surface area contributed by atoms with Gasteiger partial charge in [0.05, 0.1) is 11.0 Å². The molecule has 0 aliphatic carbocycles. The normalized spacial score (nSPS) is 15.4. The van der Waals surface area contributed by atoms with Crippen LogP contribution in [0.25, 0.3) is 0 Å². The Balaban J connectivity index is 1.48. The molecule has 2 aromatic carbocycles. The van der Waals surface area contributed by atoms with E-state index in [4.69, 9.17) is 20.6 Å². The maximum absolute atomic E-state index is 13.5. The van der Waals surface area contributed by atoms with E-state index in [2.05, 4.69) is 9.44 Å². The summed E-state index contributed by atoms with van der Waals surface area (Å²) in [4.78, 5) is 39.2. The van der Waals surface area contributed by atoms with Crippen LogP contribution in [0.4, 0.5) is 5.69 Å². The Morgan fingerprint density at radius 2 is 1.78 bits per heavy atom. The lowest BCUT2D eigenvalue weighted by atomic mass is 10.0. The topological polar surface area (TPSA) is 210 Å². The zero-order chi connectivity index (χ0) is 29.7. The van der Waals surface area contributed by atoms with Crippen molar-refractivity contribution in [1.29, 1.82) is 5.41 Å². The maximum Gasteiger partial charge on any atom is 0.277 e. The highest BCUT2D eigenvalue weighted by atomic mass is 32.2. The summed E-state index contributed by atoms with van der Waals surface area (Å²) in [5.74, 6) is -0.188. The van der Waals surface area contributed by atoms with E-state index >= 15 is 0 Å². The van der Waals surface area contributed by atoms with Crippen molar-refractivity contribution in [3.8, 4) is 11.5 Å². The standard InChI is InChI=1S/C25H31N7O8S/c1-16(33)30-7-9-31(10-8-30)25(34)20(12-17-3-2-4-19(11-17)24(26)27)29-41(37,38)28-6-5-18-13-22-23(40-15-39-22)14-21(18)32(35)36/h2-4,11,13-14,20,28-29H,5-10,12,15H2,1H3,(H3,26,27). The predicted molar refractivity (Wildman–Crippen MR) is 147 cm³/mol. The zero-order valence-electron chi connectivity index (χ0n) is 22.3. The molecular weight excluding hydrogens is 558 g/mol. The molecule has 2 aromatic rings. The van der Waals surface area contributed by atoms with Gasteiger partial charge >= 0.3 is 0 Å². The highest BCUT2D eigenvalue weighted by Crippen LogP contribution is 2.38. The van der Waals surface area contributed by atoms with Crippen molar-refractivity contribution in [2.24, 2.45) is 5.73 Å². The van der Waals surface area contributed by atoms with Crippen LogP contribution in [-0.2, 0) is 32.6 Å². The number of benzene rings is 2. The first-order chi connectivity index (χ1) is 19.4. The van der Waals surface area contributed by atoms with Crippen molar-refractivity contribution in [2.75, 3.05) is 39.5 Å². The number of nitrogens with zero attached hydrogens (tertiary/aromatic N) is 3. The van der Waals surface area contributed by atoms with E-state index in [1.165, 1.54) is 24.0 Å². The highest BCUT2D eigenvalue weighted by molar-refractivity contribution is 7.87. The van der Waals surface area contributed by atoms with Crippen LogP contribution in [-0.4, -0.2) is 86.3 Å². The van der Waals surface area contributed by atoms with Crippen LogP contribution in [0.15, 0.2) is 36.4 Å². The van der Waals surface area contributed by atoms with E-state index in [1.807, 2.05) is 0 Å². The van der Waals surface area contributed by atoms with Crippen LogP contribution < -0.4 is 24.7 Å². The second-order valence-corrected chi connectivity index (χ2v) is 11.1. The smallest absolute Gasteiger partial charge is 0.277 e. The molecule has 2 heterocycles. The molecule has 0 saturated carbocycles. The number of ether oxygens (including phenoxy) is 2. The SMILES string of the molecule is CC(=O)N1CCN(C(=O)C(Cc2cccc(C(=N)N)c2)NS(=O)(=O)NCCc2cc3c(cc2[N+](=O)[O-])OCO3)CC1. The molecule has 5 N–H and O–H groups in total. The van der Waals surface area contributed by atoms with Crippen LogP contribution in [0, 0.1) is 15.5 Å². The number of hydrogen-bond donors (Lipinski definition) is 4. The molecule has 15 nitrogen and oxygen atoms in total.